The van der Waals surface area contributed by atoms with E-state index >= 15 is 0 Å². The molecule has 3 N–H and O–H groups in total. The number of hydrogen-bond acceptors (Lipinski definition) is 4. The Bertz CT molecular complexity index is 835. The largest absolute Gasteiger partial charge is 0.389 e. The van der Waals surface area contributed by atoms with Crippen molar-refractivity contribution in [3.05, 3.63) is 58.7 Å². The van der Waals surface area contributed by atoms with Crippen LogP contribution in [-0.4, -0.2) is 15.2 Å². The van der Waals surface area contributed by atoms with Crippen LogP contribution < -0.4 is 11.1 Å². The van der Waals surface area contributed by atoms with E-state index in [4.69, 9.17) is 18.0 Å². The summed E-state index contributed by atoms with van der Waals surface area (Å²) in [5.74, 6) is 0.553. The Kier molecular flexibility index (Phi) is 3.81. The van der Waals surface area contributed by atoms with Crippen LogP contribution in [0, 0.1) is 0 Å². The van der Waals surface area contributed by atoms with Gasteiger partial charge in [0.25, 0.3) is 0 Å². The van der Waals surface area contributed by atoms with Crippen LogP contribution in [0.5, 0.6) is 0 Å². The lowest BCUT2D eigenvalue weighted by molar-refractivity contribution is 1.03. The molecule has 3 rings (SSSR count). The Morgan fingerprint density at radius 3 is 2.62 bits per heavy atom. The van der Waals surface area contributed by atoms with Gasteiger partial charge in [-0.1, -0.05) is 52.4 Å². The Morgan fingerprint density at radius 2 is 1.86 bits per heavy atom. The van der Waals surface area contributed by atoms with Crippen molar-refractivity contribution in [2.24, 2.45) is 5.73 Å². The zero-order valence-corrected chi connectivity index (χ0v) is 13.3. The molecule has 6 heteroatoms. The monoisotopic (exact) mass is 358 g/mol. The second-order valence-electron chi connectivity index (χ2n) is 4.42. The van der Waals surface area contributed by atoms with Gasteiger partial charge in [0.05, 0.1) is 11.8 Å². The molecule has 21 heavy (non-hydrogen) atoms. The number of rotatable bonds is 3. The van der Waals surface area contributed by atoms with Crippen molar-refractivity contribution in [3.8, 4) is 0 Å². The molecule has 0 aliphatic heterocycles. The summed E-state index contributed by atoms with van der Waals surface area (Å²) >= 11 is 8.60. The van der Waals surface area contributed by atoms with Gasteiger partial charge in [0.15, 0.2) is 5.82 Å². The number of thiocarbonyl (C=S) groups is 1. The standard InChI is InChI=1S/C15H11BrN4S/c16-12-5-6-13(10-4-2-1-3-9(10)12)19-15-11(14(17)21)7-8-18-20-15/h1-8H,(H2,17,21)(H,19,20). The molecular formula is C15H11BrN4S. The second-order valence-corrected chi connectivity index (χ2v) is 5.72. The van der Waals surface area contributed by atoms with Crippen molar-refractivity contribution in [2.75, 3.05) is 5.32 Å². The van der Waals surface area contributed by atoms with Crippen LogP contribution in [0.15, 0.2) is 53.1 Å². The van der Waals surface area contributed by atoms with E-state index in [-0.39, 0.29) is 4.99 Å². The smallest absolute Gasteiger partial charge is 0.163 e. The molecule has 0 unspecified atom stereocenters. The fourth-order valence-electron chi connectivity index (χ4n) is 2.12. The van der Waals surface area contributed by atoms with E-state index in [0.717, 1.165) is 20.9 Å². The summed E-state index contributed by atoms with van der Waals surface area (Å²) in [5, 5.41) is 13.4. The third-order valence-electron chi connectivity index (χ3n) is 3.11. The maximum absolute atomic E-state index is 5.72. The van der Waals surface area contributed by atoms with E-state index < -0.39 is 0 Å². The maximum atomic E-state index is 5.72. The zero-order valence-electron chi connectivity index (χ0n) is 10.9. The number of nitrogens with two attached hydrogens (primary N) is 1. The minimum Gasteiger partial charge on any atom is -0.389 e. The molecule has 0 amide bonds. The van der Waals surface area contributed by atoms with Crippen molar-refractivity contribution >= 4 is 55.4 Å². The van der Waals surface area contributed by atoms with Gasteiger partial charge in [-0.15, -0.1) is 5.10 Å². The number of nitrogens with one attached hydrogen (secondary N) is 1. The second kappa shape index (κ2) is 5.75. The van der Waals surface area contributed by atoms with E-state index in [0.29, 0.717) is 11.4 Å². The van der Waals surface area contributed by atoms with Crippen molar-refractivity contribution < 1.29 is 0 Å². The molecule has 0 radical (unpaired) electrons. The summed E-state index contributed by atoms with van der Waals surface area (Å²) in [6.07, 6.45) is 1.57. The lowest BCUT2D eigenvalue weighted by atomic mass is 10.1. The van der Waals surface area contributed by atoms with Gasteiger partial charge in [-0.3, -0.25) is 0 Å². The highest BCUT2D eigenvalue weighted by atomic mass is 79.9. The Hall–Kier alpha value is -2.05. The molecule has 1 aromatic heterocycles. The molecule has 0 atom stereocenters. The van der Waals surface area contributed by atoms with Crippen LogP contribution in [0.1, 0.15) is 5.56 Å². The summed E-state index contributed by atoms with van der Waals surface area (Å²) in [4.78, 5) is 0.286. The van der Waals surface area contributed by atoms with Gasteiger partial charge in [-0.25, -0.2) is 0 Å². The summed E-state index contributed by atoms with van der Waals surface area (Å²) < 4.78 is 1.04. The number of anilines is 2. The minimum atomic E-state index is 0.286. The highest BCUT2D eigenvalue weighted by Gasteiger charge is 2.10. The van der Waals surface area contributed by atoms with Crippen LogP contribution in [0.25, 0.3) is 10.8 Å². The quantitative estimate of drug-likeness (QED) is 0.697. The molecule has 0 saturated carbocycles. The molecule has 0 saturated heterocycles. The number of benzene rings is 2. The summed E-state index contributed by atoms with van der Waals surface area (Å²) in [6, 6.07) is 13.8. The Balaban J connectivity index is 2.11. The van der Waals surface area contributed by atoms with Gasteiger partial charge < -0.3 is 11.1 Å². The first-order chi connectivity index (χ1) is 10.2. The first-order valence-electron chi connectivity index (χ1n) is 6.22. The lowest BCUT2D eigenvalue weighted by Gasteiger charge is -2.12. The minimum absolute atomic E-state index is 0.286. The molecule has 0 aliphatic carbocycles. The SMILES string of the molecule is NC(=S)c1ccnnc1Nc1ccc(Br)c2ccccc12. The average molecular weight is 359 g/mol. The van der Waals surface area contributed by atoms with Gasteiger partial charge in [0, 0.05) is 15.5 Å². The fraction of sp³-hybridized carbons (Fsp3) is 0. The normalized spacial score (nSPS) is 10.5. The predicted molar refractivity (Wildman–Crippen MR) is 92.9 cm³/mol. The third-order valence-corrected chi connectivity index (χ3v) is 4.02. The molecule has 1 heterocycles. The highest BCUT2D eigenvalue weighted by molar-refractivity contribution is 9.10. The van der Waals surface area contributed by atoms with Crippen LogP contribution in [0.2, 0.25) is 0 Å². The van der Waals surface area contributed by atoms with Crippen molar-refractivity contribution in [3.63, 3.8) is 0 Å². The fourth-order valence-corrected chi connectivity index (χ4v) is 2.76. The van der Waals surface area contributed by atoms with Crippen LogP contribution >= 0.6 is 28.1 Å². The van der Waals surface area contributed by atoms with Crippen LogP contribution in [0.4, 0.5) is 11.5 Å². The number of hydrogen-bond donors (Lipinski definition) is 2. The molecule has 2 aromatic carbocycles. The number of aromatic nitrogens is 2. The molecule has 0 spiro atoms. The van der Waals surface area contributed by atoms with Gasteiger partial charge in [-0.05, 0) is 23.6 Å². The number of halogens is 1. The first kappa shape index (κ1) is 13.9. The zero-order chi connectivity index (χ0) is 14.8. The van der Waals surface area contributed by atoms with E-state index in [1.807, 2.05) is 30.3 Å². The lowest BCUT2D eigenvalue weighted by Crippen LogP contribution is -2.13. The molecule has 0 aliphatic rings. The van der Waals surface area contributed by atoms with E-state index in [1.165, 1.54) is 0 Å². The predicted octanol–water partition coefficient (Wildman–Crippen LogP) is 3.77. The van der Waals surface area contributed by atoms with Gasteiger partial charge in [-0.2, -0.15) is 5.10 Å². The van der Waals surface area contributed by atoms with Gasteiger partial charge in [0.1, 0.15) is 4.99 Å². The van der Waals surface area contributed by atoms with Gasteiger partial charge >= 0.3 is 0 Å². The van der Waals surface area contributed by atoms with E-state index in [1.54, 1.807) is 12.3 Å². The van der Waals surface area contributed by atoms with Crippen LogP contribution in [0.3, 0.4) is 0 Å². The van der Waals surface area contributed by atoms with Gasteiger partial charge in [0.2, 0.25) is 0 Å². The van der Waals surface area contributed by atoms with E-state index in [2.05, 4.69) is 37.5 Å². The van der Waals surface area contributed by atoms with Crippen molar-refractivity contribution in [2.45, 2.75) is 0 Å². The molecule has 0 fully saturated rings. The Morgan fingerprint density at radius 1 is 1.10 bits per heavy atom. The summed E-state index contributed by atoms with van der Waals surface area (Å²) in [5.41, 5.74) is 7.32. The van der Waals surface area contributed by atoms with E-state index in [9.17, 15) is 0 Å². The summed E-state index contributed by atoms with van der Waals surface area (Å²) in [7, 11) is 0. The van der Waals surface area contributed by atoms with Crippen molar-refractivity contribution in [1.29, 1.82) is 0 Å². The molecule has 104 valence electrons. The molecular weight excluding hydrogens is 348 g/mol. The highest BCUT2D eigenvalue weighted by Crippen LogP contribution is 2.31. The van der Waals surface area contributed by atoms with Crippen molar-refractivity contribution in [1.82, 2.24) is 10.2 Å². The number of nitrogens with zero attached hydrogens (tertiary/aromatic N) is 2. The maximum Gasteiger partial charge on any atom is 0.163 e. The topological polar surface area (TPSA) is 63.8 Å². The van der Waals surface area contributed by atoms with Crippen LogP contribution in [-0.2, 0) is 0 Å². The average Bonchev–Trinajstić information content (AvgIpc) is 2.51. The first-order valence-corrected chi connectivity index (χ1v) is 7.42. The molecule has 0 bridgehead atoms. The number of fused-ring (bicyclic) bond motifs is 1. The third kappa shape index (κ3) is 2.72. The molecule has 3 aromatic rings. The summed E-state index contributed by atoms with van der Waals surface area (Å²) in [6.45, 7) is 0. The Labute approximate surface area is 135 Å². The molecule has 4 nitrogen and oxygen atoms in total.